The molecule has 2 unspecified atom stereocenters. The van der Waals surface area contributed by atoms with Crippen molar-refractivity contribution in [3.05, 3.63) is 35.4 Å². The van der Waals surface area contributed by atoms with Crippen LogP contribution in [0.25, 0.3) is 0 Å². The maximum absolute atomic E-state index is 10.3. The van der Waals surface area contributed by atoms with Crippen LogP contribution in [0.15, 0.2) is 24.3 Å². The van der Waals surface area contributed by atoms with Gasteiger partial charge in [-0.1, -0.05) is 31.2 Å². The Morgan fingerprint density at radius 3 is 2.76 bits per heavy atom. The summed E-state index contributed by atoms with van der Waals surface area (Å²) in [7, 11) is 0. The molecule has 2 atom stereocenters. The molecule has 1 aliphatic heterocycles. The zero-order chi connectivity index (χ0) is 14.7. The number of aliphatic hydroxyl groups excluding tert-OH is 1. The molecule has 0 aromatic heterocycles. The van der Waals surface area contributed by atoms with Gasteiger partial charge in [0.2, 0.25) is 0 Å². The first-order chi connectivity index (χ1) is 10.3. The normalized spacial score (nSPS) is 21.8. The molecule has 0 radical (unpaired) electrons. The third kappa shape index (κ3) is 4.06. The molecule has 1 saturated carbocycles. The molecule has 0 amide bonds. The van der Waals surface area contributed by atoms with Crippen molar-refractivity contribution in [1.82, 2.24) is 10.2 Å². The number of fused-ring (bicyclic) bond motifs is 1. The smallest absolute Gasteiger partial charge is 0.0791 e. The molecule has 3 nitrogen and oxygen atoms in total. The molecular weight excluding hydrogens is 260 g/mol. The summed E-state index contributed by atoms with van der Waals surface area (Å²) >= 11 is 0. The number of benzene rings is 1. The second-order valence-electron chi connectivity index (χ2n) is 6.67. The molecular formula is C18H28N2O. The van der Waals surface area contributed by atoms with Crippen molar-refractivity contribution < 1.29 is 5.11 Å². The molecule has 1 aromatic rings. The van der Waals surface area contributed by atoms with Crippen molar-refractivity contribution in [3.8, 4) is 0 Å². The SMILES string of the molecule is CCC(NCC(O)CN1CCc2ccccc2C1)C1CC1. The zero-order valence-corrected chi connectivity index (χ0v) is 13.1. The minimum atomic E-state index is -0.261. The molecule has 0 spiro atoms. The first-order valence-electron chi connectivity index (χ1n) is 8.47. The van der Waals surface area contributed by atoms with Crippen molar-refractivity contribution in [2.24, 2.45) is 5.92 Å². The summed E-state index contributed by atoms with van der Waals surface area (Å²) in [6.07, 6.45) is 4.75. The minimum absolute atomic E-state index is 0.261. The summed E-state index contributed by atoms with van der Waals surface area (Å²) in [6.45, 7) is 5.79. The largest absolute Gasteiger partial charge is 0.390 e. The van der Waals surface area contributed by atoms with Crippen molar-refractivity contribution in [3.63, 3.8) is 0 Å². The summed E-state index contributed by atoms with van der Waals surface area (Å²) < 4.78 is 0. The van der Waals surface area contributed by atoms with Gasteiger partial charge in [0.25, 0.3) is 0 Å². The monoisotopic (exact) mass is 288 g/mol. The van der Waals surface area contributed by atoms with Crippen molar-refractivity contribution >= 4 is 0 Å². The maximum Gasteiger partial charge on any atom is 0.0791 e. The molecule has 3 heteroatoms. The highest BCUT2D eigenvalue weighted by atomic mass is 16.3. The quantitative estimate of drug-likeness (QED) is 0.807. The average Bonchev–Trinajstić information content (AvgIpc) is 3.33. The molecule has 1 fully saturated rings. The van der Waals surface area contributed by atoms with Crippen LogP contribution in [-0.2, 0) is 13.0 Å². The van der Waals surface area contributed by atoms with Gasteiger partial charge in [-0.3, -0.25) is 4.90 Å². The minimum Gasteiger partial charge on any atom is -0.390 e. The van der Waals surface area contributed by atoms with E-state index in [4.69, 9.17) is 0 Å². The number of nitrogens with zero attached hydrogens (tertiary/aromatic N) is 1. The lowest BCUT2D eigenvalue weighted by molar-refractivity contribution is 0.101. The number of nitrogens with one attached hydrogen (secondary N) is 1. The van der Waals surface area contributed by atoms with E-state index in [0.717, 1.165) is 38.5 Å². The van der Waals surface area contributed by atoms with Crippen molar-refractivity contribution in [2.75, 3.05) is 19.6 Å². The number of aliphatic hydroxyl groups is 1. The van der Waals surface area contributed by atoms with Crippen LogP contribution < -0.4 is 5.32 Å². The highest BCUT2D eigenvalue weighted by molar-refractivity contribution is 5.29. The Morgan fingerprint density at radius 1 is 1.29 bits per heavy atom. The standard InChI is InChI=1S/C18H28N2O/c1-2-18(15-7-8-15)19-11-17(21)13-20-10-9-14-5-3-4-6-16(14)12-20/h3-6,15,17-19,21H,2,7-13H2,1H3. The molecule has 1 aromatic carbocycles. The third-order valence-corrected chi connectivity index (χ3v) is 4.93. The Hall–Kier alpha value is -0.900. The molecule has 3 rings (SSSR count). The Morgan fingerprint density at radius 2 is 2.05 bits per heavy atom. The first kappa shape index (κ1) is 15.0. The number of β-amino-alcohol motifs (C(OH)–C–C–N with tert-alkyl or cyclic N) is 1. The Kier molecular flexibility index (Phi) is 4.94. The van der Waals surface area contributed by atoms with E-state index in [-0.39, 0.29) is 6.10 Å². The van der Waals surface area contributed by atoms with Crippen LogP contribution in [0.3, 0.4) is 0 Å². The maximum atomic E-state index is 10.3. The van der Waals surface area contributed by atoms with Crippen LogP contribution in [0.5, 0.6) is 0 Å². The van der Waals surface area contributed by atoms with Gasteiger partial charge in [-0.15, -0.1) is 0 Å². The van der Waals surface area contributed by atoms with Gasteiger partial charge in [-0.25, -0.2) is 0 Å². The van der Waals surface area contributed by atoms with E-state index in [1.165, 1.54) is 30.4 Å². The Balaban J connectivity index is 1.44. The van der Waals surface area contributed by atoms with E-state index >= 15 is 0 Å². The van der Waals surface area contributed by atoms with Gasteiger partial charge in [0.15, 0.2) is 0 Å². The lowest BCUT2D eigenvalue weighted by Crippen LogP contribution is -2.43. The number of rotatable bonds is 7. The predicted molar refractivity (Wildman–Crippen MR) is 86.2 cm³/mol. The number of hydrogen-bond acceptors (Lipinski definition) is 3. The van der Waals surface area contributed by atoms with E-state index in [1.807, 2.05) is 0 Å². The molecule has 2 N–H and O–H groups in total. The molecule has 0 saturated heterocycles. The highest BCUT2D eigenvalue weighted by Gasteiger charge is 2.30. The molecule has 21 heavy (non-hydrogen) atoms. The van der Waals surface area contributed by atoms with Crippen LogP contribution in [0, 0.1) is 5.92 Å². The molecule has 1 aliphatic carbocycles. The summed E-state index contributed by atoms with van der Waals surface area (Å²) in [5.41, 5.74) is 2.90. The van der Waals surface area contributed by atoms with Gasteiger partial charge in [-0.2, -0.15) is 0 Å². The fourth-order valence-corrected chi connectivity index (χ4v) is 3.50. The molecule has 1 heterocycles. The fourth-order valence-electron chi connectivity index (χ4n) is 3.50. The lowest BCUT2D eigenvalue weighted by Gasteiger charge is -2.31. The number of hydrogen-bond donors (Lipinski definition) is 2. The first-order valence-corrected chi connectivity index (χ1v) is 8.47. The summed E-state index contributed by atoms with van der Waals surface area (Å²) in [5, 5.41) is 13.9. The predicted octanol–water partition coefficient (Wildman–Crippen LogP) is 2.18. The molecule has 2 aliphatic rings. The van der Waals surface area contributed by atoms with Gasteiger partial charge in [0.05, 0.1) is 6.10 Å². The van der Waals surface area contributed by atoms with Gasteiger partial charge in [0, 0.05) is 32.2 Å². The van der Waals surface area contributed by atoms with Crippen LogP contribution >= 0.6 is 0 Å². The van der Waals surface area contributed by atoms with Crippen LogP contribution in [0.4, 0.5) is 0 Å². The summed E-state index contributed by atoms with van der Waals surface area (Å²) in [6, 6.07) is 9.29. The van der Waals surface area contributed by atoms with Crippen molar-refractivity contribution in [1.29, 1.82) is 0 Å². The van der Waals surface area contributed by atoms with Gasteiger partial charge in [-0.05, 0) is 42.7 Å². The van der Waals surface area contributed by atoms with Gasteiger partial charge in [0.1, 0.15) is 0 Å². The van der Waals surface area contributed by atoms with E-state index in [9.17, 15) is 5.11 Å². The average molecular weight is 288 g/mol. The fraction of sp³-hybridized carbons (Fsp3) is 0.667. The topological polar surface area (TPSA) is 35.5 Å². The Labute approximate surface area is 128 Å². The van der Waals surface area contributed by atoms with Crippen LogP contribution in [0.2, 0.25) is 0 Å². The van der Waals surface area contributed by atoms with Crippen LogP contribution in [-0.4, -0.2) is 41.8 Å². The summed E-state index contributed by atoms with van der Waals surface area (Å²) in [5.74, 6) is 0.865. The van der Waals surface area contributed by atoms with Crippen LogP contribution in [0.1, 0.15) is 37.3 Å². The van der Waals surface area contributed by atoms with Crippen molar-refractivity contribution in [2.45, 2.75) is 51.3 Å². The van der Waals surface area contributed by atoms with E-state index in [1.54, 1.807) is 0 Å². The second-order valence-corrected chi connectivity index (χ2v) is 6.67. The van der Waals surface area contributed by atoms with E-state index in [2.05, 4.69) is 41.4 Å². The Bertz CT molecular complexity index is 458. The third-order valence-electron chi connectivity index (χ3n) is 4.93. The lowest BCUT2D eigenvalue weighted by atomic mass is 10.00. The van der Waals surface area contributed by atoms with E-state index in [0.29, 0.717) is 6.04 Å². The molecule has 116 valence electrons. The second kappa shape index (κ2) is 6.91. The summed E-state index contributed by atoms with van der Waals surface area (Å²) in [4.78, 5) is 2.38. The van der Waals surface area contributed by atoms with Gasteiger partial charge < -0.3 is 10.4 Å². The van der Waals surface area contributed by atoms with E-state index < -0.39 is 0 Å². The molecule has 0 bridgehead atoms. The highest BCUT2D eigenvalue weighted by Crippen LogP contribution is 2.33. The zero-order valence-electron chi connectivity index (χ0n) is 13.1. The van der Waals surface area contributed by atoms with Gasteiger partial charge >= 0.3 is 0 Å².